The van der Waals surface area contributed by atoms with Gasteiger partial charge in [0.1, 0.15) is 6.61 Å². The van der Waals surface area contributed by atoms with Gasteiger partial charge in [0.15, 0.2) is 0 Å². The molecule has 0 atom stereocenters. The molecular weight excluding hydrogens is 396 g/mol. The van der Waals surface area contributed by atoms with Crippen LogP contribution in [0.25, 0.3) is 22.5 Å². The number of amides is 1. The molecule has 4 heteroatoms. The number of hydrogen-bond acceptors (Lipinski definition) is 2. The molecule has 0 saturated carbocycles. The number of ether oxygens (including phenoxy) is 1. The topological polar surface area (TPSA) is 43.3 Å². The van der Waals surface area contributed by atoms with Crippen molar-refractivity contribution in [3.63, 3.8) is 0 Å². The molecule has 1 heterocycles. The Labute approximate surface area is 187 Å². The van der Waals surface area contributed by atoms with Crippen LogP contribution in [-0.2, 0) is 24.2 Å². The molecule has 1 aromatic heterocycles. The fourth-order valence-corrected chi connectivity index (χ4v) is 4.27. The van der Waals surface area contributed by atoms with Crippen molar-refractivity contribution < 1.29 is 9.53 Å². The fourth-order valence-electron chi connectivity index (χ4n) is 4.27. The number of carbonyl (C=O) groups is 1. The third-order valence-corrected chi connectivity index (χ3v) is 5.70. The van der Waals surface area contributed by atoms with Crippen LogP contribution in [0.15, 0.2) is 103 Å². The Bertz CT molecular complexity index is 1170. The standard InChI is InChI=1S/C28H24N2O2/c31-28(32-20-21-12-4-1-5-13-21)29-30-26(22-14-6-2-7-15-22)24-18-10-11-19-25(24)27(30)23-16-8-3-9-17-23/h1-17H,18-20H2,(H,29,31). The molecule has 1 amide bonds. The number of carbonyl (C=O) groups excluding carboxylic acids is 1. The van der Waals surface area contributed by atoms with E-state index in [1.54, 1.807) is 0 Å². The van der Waals surface area contributed by atoms with Gasteiger partial charge in [-0.2, -0.15) is 0 Å². The minimum Gasteiger partial charge on any atom is -0.443 e. The lowest BCUT2D eigenvalue weighted by molar-refractivity contribution is 0.152. The number of benzene rings is 3. The van der Waals surface area contributed by atoms with Crippen LogP contribution in [0.1, 0.15) is 16.7 Å². The van der Waals surface area contributed by atoms with Gasteiger partial charge in [0, 0.05) is 11.1 Å². The third-order valence-electron chi connectivity index (χ3n) is 5.70. The van der Waals surface area contributed by atoms with Crippen molar-refractivity contribution in [1.29, 1.82) is 0 Å². The summed E-state index contributed by atoms with van der Waals surface area (Å²) in [5.74, 6) is 0. The number of rotatable bonds is 5. The molecule has 5 rings (SSSR count). The zero-order valence-corrected chi connectivity index (χ0v) is 17.7. The quantitative estimate of drug-likeness (QED) is 0.382. The smallest absolute Gasteiger partial charge is 0.426 e. The summed E-state index contributed by atoms with van der Waals surface area (Å²) >= 11 is 0. The van der Waals surface area contributed by atoms with Gasteiger partial charge in [0.05, 0.1) is 11.4 Å². The molecule has 3 aromatic carbocycles. The van der Waals surface area contributed by atoms with Gasteiger partial charge < -0.3 is 4.74 Å². The Balaban J connectivity index is 1.58. The largest absolute Gasteiger partial charge is 0.443 e. The van der Waals surface area contributed by atoms with E-state index in [1.165, 1.54) is 11.1 Å². The molecule has 0 unspecified atom stereocenters. The maximum atomic E-state index is 12.9. The molecule has 4 aromatic rings. The van der Waals surface area contributed by atoms with Gasteiger partial charge in [-0.05, 0) is 29.5 Å². The molecule has 158 valence electrons. The highest BCUT2D eigenvalue weighted by molar-refractivity contribution is 5.84. The maximum absolute atomic E-state index is 12.9. The van der Waals surface area contributed by atoms with Crippen molar-refractivity contribution >= 4 is 6.09 Å². The summed E-state index contributed by atoms with van der Waals surface area (Å²) in [4.78, 5) is 12.9. The van der Waals surface area contributed by atoms with Crippen LogP contribution in [-0.4, -0.2) is 10.8 Å². The van der Waals surface area contributed by atoms with E-state index in [1.807, 2.05) is 71.4 Å². The summed E-state index contributed by atoms with van der Waals surface area (Å²) in [5.41, 5.74) is 10.6. The summed E-state index contributed by atoms with van der Waals surface area (Å²) in [7, 11) is 0. The molecule has 0 radical (unpaired) electrons. The highest BCUT2D eigenvalue weighted by Gasteiger charge is 2.26. The van der Waals surface area contributed by atoms with E-state index in [9.17, 15) is 4.79 Å². The molecule has 1 aliphatic rings. The van der Waals surface area contributed by atoms with Crippen molar-refractivity contribution in [2.75, 3.05) is 5.43 Å². The highest BCUT2D eigenvalue weighted by atomic mass is 16.6. The van der Waals surface area contributed by atoms with Gasteiger partial charge in [-0.3, -0.25) is 0 Å². The number of allylic oxidation sites excluding steroid dienone is 2. The van der Waals surface area contributed by atoms with Crippen molar-refractivity contribution in [1.82, 2.24) is 4.68 Å². The molecule has 0 fully saturated rings. The summed E-state index contributed by atoms with van der Waals surface area (Å²) in [6.07, 6.45) is 5.56. The number of aromatic nitrogens is 1. The third kappa shape index (κ3) is 3.95. The van der Waals surface area contributed by atoms with Gasteiger partial charge in [-0.25, -0.2) is 14.9 Å². The first-order valence-electron chi connectivity index (χ1n) is 10.8. The fraction of sp³-hybridized carbons (Fsp3) is 0.107. The average Bonchev–Trinajstić information content (AvgIpc) is 3.18. The van der Waals surface area contributed by atoms with Gasteiger partial charge in [0.25, 0.3) is 0 Å². The molecular formula is C28H24N2O2. The van der Waals surface area contributed by atoms with Crippen molar-refractivity contribution in [2.24, 2.45) is 0 Å². The lowest BCUT2D eigenvalue weighted by Crippen LogP contribution is -2.25. The van der Waals surface area contributed by atoms with Crippen LogP contribution >= 0.6 is 0 Å². The van der Waals surface area contributed by atoms with Crippen LogP contribution in [0.4, 0.5) is 4.79 Å². The van der Waals surface area contributed by atoms with E-state index in [0.29, 0.717) is 0 Å². The molecule has 32 heavy (non-hydrogen) atoms. The predicted molar refractivity (Wildman–Crippen MR) is 128 cm³/mol. The number of fused-ring (bicyclic) bond motifs is 1. The zero-order valence-electron chi connectivity index (χ0n) is 17.7. The lowest BCUT2D eigenvalue weighted by atomic mass is 9.93. The first-order chi connectivity index (χ1) is 15.8. The summed E-state index contributed by atoms with van der Waals surface area (Å²) in [6, 6.07) is 30.1. The molecule has 0 bridgehead atoms. The van der Waals surface area contributed by atoms with E-state index in [0.717, 1.165) is 40.9 Å². The SMILES string of the molecule is O=C(Nn1c(-c2ccccc2)c2c(c1-c1ccccc1)CC=CC2)OCc1ccccc1. The van der Waals surface area contributed by atoms with E-state index >= 15 is 0 Å². The van der Waals surface area contributed by atoms with Crippen molar-refractivity contribution in [3.8, 4) is 22.5 Å². The second kappa shape index (κ2) is 8.98. The van der Waals surface area contributed by atoms with E-state index < -0.39 is 6.09 Å². The highest BCUT2D eigenvalue weighted by Crippen LogP contribution is 2.39. The summed E-state index contributed by atoms with van der Waals surface area (Å²) in [5, 5.41) is 0. The Morgan fingerprint density at radius 2 is 1.19 bits per heavy atom. The second-order valence-electron chi connectivity index (χ2n) is 7.77. The number of nitrogens with zero attached hydrogens (tertiary/aromatic N) is 1. The molecule has 1 aliphatic carbocycles. The Kier molecular flexibility index (Phi) is 5.58. The van der Waals surface area contributed by atoms with Crippen molar-refractivity contribution in [3.05, 3.63) is 120 Å². The van der Waals surface area contributed by atoms with E-state index in [-0.39, 0.29) is 6.61 Å². The Morgan fingerprint density at radius 3 is 1.69 bits per heavy atom. The van der Waals surface area contributed by atoms with Crippen LogP contribution in [0.2, 0.25) is 0 Å². The minimum atomic E-state index is -0.483. The number of hydrogen-bond donors (Lipinski definition) is 1. The second-order valence-corrected chi connectivity index (χ2v) is 7.77. The average molecular weight is 421 g/mol. The molecule has 0 spiro atoms. The van der Waals surface area contributed by atoms with Crippen LogP contribution < -0.4 is 5.43 Å². The molecule has 1 N–H and O–H groups in total. The molecule has 0 saturated heterocycles. The van der Waals surface area contributed by atoms with Gasteiger partial charge in [0.2, 0.25) is 0 Å². The zero-order chi connectivity index (χ0) is 21.8. The van der Waals surface area contributed by atoms with Crippen LogP contribution in [0.3, 0.4) is 0 Å². The van der Waals surface area contributed by atoms with E-state index in [4.69, 9.17) is 4.74 Å². The first kappa shape index (κ1) is 19.9. The Morgan fingerprint density at radius 1 is 0.719 bits per heavy atom. The summed E-state index contributed by atoms with van der Waals surface area (Å²) in [6.45, 7) is 0.219. The monoisotopic (exact) mass is 420 g/mol. The van der Waals surface area contributed by atoms with Crippen LogP contribution in [0.5, 0.6) is 0 Å². The normalized spacial score (nSPS) is 12.2. The van der Waals surface area contributed by atoms with E-state index in [2.05, 4.69) is 41.8 Å². The minimum absolute atomic E-state index is 0.219. The molecule has 0 aliphatic heterocycles. The Hall–Kier alpha value is -4.05. The van der Waals surface area contributed by atoms with Gasteiger partial charge in [-0.1, -0.05) is 103 Å². The first-order valence-corrected chi connectivity index (χ1v) is 10.8. The van der Waals surface area contributed by atoms with Gasteiger partial charge >= 0.3 is 6.09 Å². The number of nitrogens with one attached hydrogen (secondary N) is 1. The lowest BCUT2D eigenvalue weighted by Gasteiger charge is -2.16. The summed E-state index contributed by atoms with van der Waals surface area (Å²) < 4.78 is 7.47. The maximum Gasteiger partial charge on any atom is 0.426 e. The molecule has 4 nitrogen and oxygen atoms in total. The van der Waals surface area contributed by atoms with Crippen LogP contribution in [0, 0.1) is 0 Å². The predicted octanol–water partition coefficient (Wildman–Crippen LogP) is 6.36. The van der Waals surface area contributed by atoms with Crippen molar-refractivity contribution in [2.45, 2.75) is 19.4 Å². The van der Waals surface area contributed by atoms with Gasteiger partial charge in [-0.15, -0.1) is 0 Å².